The number of hydrogen-bond donors (Lipinski definition) is 0. The van der Waals surface area contributed by atoms with Crippen molar-refractivity contribution in [3.8, 4) is 0 Å². The summed E-state index contributed by atoms with van der Waals surface area (Å²) in [5, 5.41) is 4.52. The van der Waals surface area contributed by atoms with Gasteiger partial charge in [-0.25, -0.2) is 0 Å². The van der Waals surface area contributed by atoms with Crippen LogP contribution >= 0.6 is 0 Å². The van der Waals surface area contributed by atoms with Crippen molar-refractivity contribution >= 4 is 11.8 Å². The second kappa shape index (κ2) is 6.13. The molecule has 114 valence electrons. The van der Waals surface area contributed by atoms with Gasteiger partial charge in [0.05, 0.1) is 24.1 Å². The highest BCUT2D eigenvalue weighted by Gasteiger charge is 2.27. The SMILES string of the molecule is COC(=O)Cn1nc(Cc2ccccc2)c2c1CCCC2=O. The Hall–Kier alpha value is -2.43. The Morgan fingerprint density at radius 1 is 1.27 bits per heavy atom. The molecule has 0 bridgehead atoms. The van der Waals surface area contributed by atoms with E-state index in [9.17, 15) is 9.59 Å². The lowest BCUT2D eigenvalue weighted by atomic mass is 9.92. The molecule has 0 radical (unpaired) electrons. The number of carbonyl (C=O) groups excluding carboxylic acids is 2. The molecule has 5 nitrogen and oxygen atoms in total. The van der Waals surface area contributed by atoms with Crippen LogP contribution in [0.4, 0.5) is 0 Å². The molecule has 0 atom stereocenters. The minimum Gasteiger partial charge on any atom is -0.468 e. The number of ketones is 1. The molecule has 0 N–H and O–H groups in total. The van der Waals surface area contributed by atoms with Crippen LogP contribution < -0.4 is 0 Å². The Balaban J connectivity index is 1.98. The van der Waals surface area contributed by atoms with Gasteiger partial charge < -0.3 is 4.74 Å². The van der Waals surface area contributed by atoms with Crippen molar-refractivity contribution in [2.24, 2.45) is 0 Å². The van der Waals surface area contributed by atoms with E-state index in [0.29, 0.717) is 18.4 Å². The lowest BCUT2D eigenvalue weighted by Gasteiger charge is -2.13. The average Bonchev–Trinajstić information content (AvgIpc) is 2.87. The molecule has 0 spiro atoms. The van der Waals surface area contributed by atoms with Gasteiger partial charge in [-0.15, -0.1) is 0 Å². The third kappa shape index (κ3) is 2.79. The largest absolute Gasteiger partial charge is 0.468 e. The minimum atomic E-state index is -0.352. The Kier molecular flexibility index (Phi) is 4.04. The molecular formula is C17H18N2O3. The zero-order valence-corrected chi connectivity index (χ0v) is 12.5. The molecule has 0 saturated carbocycles. The Morgan fingerprint density at radius 3 is 2.77 bits per heavy atom. The molecule has 1 aliphatic rings. The predicted octanol–water partition coefficient (Wildman–Crippen LogP) is 2.17. The summed E-state index contributed by atoms with van der Waals surface area (Å²) in [6, 6.07) is 9.92. The number of aromatic nitrogens is 2. The van der Waals surface area contributed by atoms with Gasteiger partial charge in [0.25, 0.3) is 0 Å². The van der Waals surface area contributed by atoms with E-state index >= 15 is 0 Å². The van der Waals surface area contributed by atoms with E-state index < -0.39 is 0 Å². The van der Waals surface area contributed by atoms with E-state index in [1.54, 1.807) is 4.68 Å². The summed E-state index contributed by atoms with van der Waals surface area (Å²) in [4.78, 5) is 23.8. The van der Waals surface area contributed by atoms with Gasteiger partial charge in [-0.2, -0.15) is 5.10 Å². The maximum absolute atomic E-state index is 12.3. The van der Waals surface area contributed by atoms with Gasteiger partial charge >= 0.3 is 5.97 Å². The average molecular weight is 298 g/mol. The van der Waals surface area contributed by atoms with Gasteiger partial charge in [-0.1, -0.05) is 30.3 Å². The first-order valence-corrected chi connectivity index (χ1v) is 7.41. The van der Waals surface area contributed by atoms with E-state index in [4.69, 9.17) is 4.74 Å². The molecule has 0 aliphatic heterocycles. The van der Waals surface area contributed by atoms with Crippen molar-refractivity contribution < 1.29 is 14.3 Å². The van der Waals surface area contributed by atoms with Crippen LogP contribution in [0.15, 0.2) is 30.3 Å². The maximum Gasteiger partial charge on any atom is 0.327 e. The topological polar surface area (TPSA) is 61.2 Å². The van der Waals surface area contributed by atoms with Crippen LogP contribution in [0.2, 0.25) is 0 Å². The number of benzene rings is 1. The van der Waals surface area contributed by atoms with Crippen LogP contribution in [0.3, 0.4) is 0 Å². The number of esters is 1. The van der Waals surface area contributed by atoms with E-state index in [2.05, 4.69) is 5.10 Å². The number of methoxy groups -OCH3 is 1. The molecule has 0 saturated heterocycles. The fraction of sp³-hybridized carbons (Fsp3) is 0.353. The lowest BCUT2D eigenvalue weighted by molar-refractivity contribution is -0.141. The van der Waals surface area contributed by atoms with Crippen molar-refractivity contribution in [1.82, 2.24) is 9.78 Å². The molecule has 3 rings (SSSR count). The number of carbonyl (C=O) groups is 2. The van der Waals surface area contributed by atoms with Crippen LogP contribution in [0.25, 0.3) is 0 Å². The number of rotatable bonds is 4. The first-order valence-electron chi connectivity index (χ1n) is 7.41. The summed E-state index contributed by atoms with van der Waals surface area (Å²) in [6.07, 6.45) is 2.74. The van der Waals surface area contributed by atoms with Crippen LogP contribution in [-0.4, -0.2) is 28.6 Å². The van der Waals surface area contributed by atoms with Gasteiger partial charge in [0.2, 0.25) is 0 Å². The number of nitrogens with zero attached hydrogens (tertiary/aromatic N) is 2. The summed E-state index contributed by atoms with van der Waals surface area (Å²) in [5.74, 6) is -0.224. The summed E-state index contributed by atoms with van der Waals surface area (Å²) in [7, 11) is 1.36. The third-order valence-electron chi connectivity index (χ3n) is 3.95. The van der Waals surface area contributed by atoms with Gasteiger partial charge in [-0.3, -0.25) is 14.3 Å². The van der Waals surface area contributed by atoms with E-state index in [0.717, 1.165) is 29.8 Å². The zero-order valence-electron chi connectivity index (χ0n) is 12.5. The van der Waals surface area contributed by atoms with Gasteiger partial charge in [0.1, 0.15) is 6.54 Å². The summed E-state index contributed by atoms with van der Waals surface area (Å²) in [5.41, 5.74) is 3.44. The second-order valence-corrected chi connectivity index (χ2v) is 5.44. The fourth-order valence-electron chi connectivity index (χ4n) is 2.90. The van der Waals surface area contributed by atoms with E-state index in [-0.39, 0.29) is 18.3 Å². The predicted molar refractivity (Wildman–Crippen MR) is 80.8 cm³/mol. The second-order valence-electron chi connectivity index (χ2n) is 5.44. The fourth-order valence-corrected chi connectivity index (χ4v) is 2.90. The van der Waals surface area contributed by atoms with Crippen LogP contribution in [0, 0.1) is 0 Å². The normalized spacial score (nSPS) is 13.8. The molecular weight excluding hydrogens is 280 g/mol. The van der Waals surface area contributed by atoms with Crippen molar-refractivity contribution in [3.05, 3.63) is 52.8 Å². The minimum absolute atomic E-state index is 0.0565. The number of Topliss-reactive ketones (excluding diaryl/α,β-unsaturated/α-hetero) is 1. The first kappa shape index (κ1) is 14.5. The third-order valence-corrected chi connectivity index (χ3v) is 3.95. The Morgan fingerprint density at radius 2 is 2.05 bits per heavy atom. The highest BCUT2D eigenvalue weighted by atomic mass is 16.5. The van der Waals surface area contributed by atoms with Crippen LogP contribution in [0.5, 0.6) is 0 Å². The smallest absolute Gasteiger partial charge is 0.327 e. The molecule has 2 aromatic rings. The number of ether oxygens (including phenoxy) is 1. The van der Waals surface area contributed by atoms with Gasteiger partial charge in [0.15, 0.2) is 5.78 Å². The van der Waals surface area contributed by atoms with Crippen LogP contribution in [-0.2, 0) is 28.9 Å². The summed E-state index contributed by atoms with van der Waals surface area (Å²) >= 11 is 0. The lowest BCUT2D eigenvalue weighted by Crippen LogP contribution is -2.18. The molecule has 0 unspecified atom stereocenters. The highest BCUT2D eigenvalue weighted by Crippen LogP contribution is 2.26. The Labute approximate surface area is 128 Å². The zero-order chi connectivity index (χ0) is 15.5. The molecule has 1 aromatic carbocycles. The number of fused-ring (bicyclic) bond motifs is 1. The molecule has 1 aliphatic carbocycles. The molecule has 0 fully saturated rings. The van der Waals surface area contributed by atoms with Gasteiger partial charge in [0, 0.05) is 12.8 Å². The summed E-state index contributed by atoms with van der Waals surface area (Å²) in [6.45, 7) is 0.0565. The monoisotopic (exact) mass is 298 g/mol. The molecule has 5 heteroatoms. The van der Waals surface area contributed by atoms with Crippen molar-refractivity contribution in [2.75, 3.05) is 7.11 Å². The molecule has 22 heavy (non-hydrogen) atoms. The molecule has 0 amide bonds. The van der Waals surface area contributed by atoms with Crippen molar-refractivity contribution in [2.45, 2.75) is 32.2 Å². The van der Waals surface area contributed by atoms with Crippen molar-refractivity contribution in [1.29, 1.82) is 0 Å². The van der Waals surface area contributed by atoms with Crippen LogP contribution in [0.1, 0.15) is 40.2 Å². The van der Waals surface area contributed by atoms with E-state index in [1.807, 2.05) is 30.3 Å². The van der Waals surface area contributed by atoms with E-state index in [1.165, 1.54) is 7.11 Å². The Bertz CT molecular complexity index is 704. The first-order chi connectivity index (χ1) is 10.7. The molecule has 1 aromatic heterocycles. The maximum atomic E-state index is 12.3. The highest BCUT2D eigenvalue weighted by molar-refractivity contribution is 5.99. The van der Waals surface area contributed by atoms with Gasteiger partial charge in [-0.05, 0) is 18.4 Å². The summed E-state index contributed by atoms with van der Waals surface area (Å²) < 4.78 is 6.35. The molecule has 1 heterocycles. The quantitative estimate of drug-likeness (QED) is 0.812. The standard InChI is InChI=1S/C17H18N2O3/c1-22-16(21)11-19-14-8-5-9-15(20)17(14)13(18-19)10-12-6-3-2-4-7-12/h2-4,6-7H,5,8-11H2,1H3. The number of hydrogen-bond acceptors (Lipinski definition) is 4. The van der Waals surface area contributed by atoms with Crippen molar-refractivity contribution in [3.63, 3.8) is 0 Å².